The van der Waals surface area contributed by atoms with E-state index in [0.29, 0.717) is 4.88 Å². The summed E-state index contributed by atoms with van der Waals surface area (Å²) in [6, 6.07) is 3.87. The topological polar surface area (TPSA) is 26.3 Å². The summed E-state index contributed by atoms with van der Waals surface area (Å²) in [4.78, 5) is 13.1. The molecular formula is C11H16O2S. The van der Waals surface area contributed by atoms with Gasteiger partial charge < -0.3 is 4.74 Å². The number of methoxy groups -OCH3 is 1. The van der Waals surface area contributed by atoms with Gasteiger partial charge in [0.05, 0.1) is 7.11 Å². The Balaban J connectivity index is 2.46. The minimum absolute atomic E-state index is 0.225. The van der Waals surface area contributed by atoms with Gasteiger partial charge in [0.2, 0.25) is 0 Å². The molecule has 0 saturated heterocycles. The van der Waals surface area contributed by atoms with Crippen LogP contribution in [0.1, 0.15) is 40.7 Å². The summed E-state index contributed by atoms with van der Waals surface area (Å²) < 4.78 is 4.65. The summed E-state index contributed by atoms with van der Waals surface area (Å²) >= 11 is 1.54. The average Bonchev–Trinajstić information content (AvgIpc) is 2.66. The first-order valence-electron chi connectivity index (χ1n) is 4.95. The number of ether oxygens (including phenoxy) is 1. The molecule has 0 saturated carbocycles. The van der Waals surface area contributed by atoms with E-state index in [9.17, 15) is 4.79 Å². The highest BCUT2D eigenvalue weighted by Gasteiger charge is 2.08. The van der Waals surface area contributed by atoms with Gasteiger partial charge in [-0.2, -0.15) is 0 Å². The van der Waals surface area contributed by atoms with Crippen LogP contribution in [0.25, 0.3) is 0 Å². The Morgan fingerprint density at radius 2 is 2.21 bits per heavy atom. The lowest BCUT2D eigenvalue weighted by atomic mass is 10.2. The van der Waals surface area contributed by atoms with Crippen LogP contribution in [-0.4, -0.2) is 13.1 Å². The molecule has 1 heterocycles. The maximum atomic E-state index is 11.1. The van der Waals surface area contributed by atoms with Gasteiger partial charge in [-0.05, 0) is 25.0 Å². The van der Waals surface area contributed by atoms with Gasteiger partial charge in [-0.3, -0.25) is 0 Å². The molecule has 0 aliphatic rings. The van der Waals surface area contributed by atoms with Gasteiger partial charge in [0.1, 0.15) is 4.88 Å². The van der Waals surface area contributed by atoms with Crippen LogP contribution in [0.4, 0.5) is 0 Å². The SMILES string of the molecule is CCCCCc1ccc(C(=O)OC)s1. The number of thiophene rings is 1. The molecule has 0 spiro atoms. The third-order valence-corrected chi connectivity index (χ3v) is 3.20. The van der Waals surface area contributed by atoms with Gasteiger partial charge in [0, 0.05) is 4.88 Å². The van der Waals surface area contributed by atoms with Gasteiger partial charge in [0.15, 0.2) is 0 Å². The van der Waals surface area contributed by atoms with Crippen molar-refractivity contribution in [2.45, 2.75) is 32.6 Å². The summed E-state index contributed by atoms with van der Waals surface area (Å²) in [5.74, 6) is -0.225. The number of hydrogen-bond donors (Lipinski definition) is 0. The first kappa shape index (κ1) is 11.2. The van der Waals surface area contributed by atoms with Crippen LogP contribution in [0.2, 0.25) is 0 Å². The summed E-state index contributed by atoms with van der Waals surface area (Å²) in [6.07, 6.45) is 4.77. The minimum atomic E-state index is -0.225. The fourth-order valence-corrected chi connectivity index (χ4v) is 2.24. The summed E-state index contributed by atoms with van der Waals surface area (Å²) in [7, 11) is 1.42. The Kier molecular flexibility index (Phi) is 4.66. The molecule has 0 aliphatic carbocycles. The first-order chi connectivity index (χ1) is 6.77. The van der Waals surface area contributed by atoms with E-state index < -0.39 is 0 Å². The normalized spacial score (nSPS) is 10.1. The number of esters is 1. The molecule has 0 atom stereocenters. The van der Waals surface area contributed by atoms with E-state index in [1.807, 2.05) is 12.1 Å². The zero-order chi connectivity index (χ0) is 10.4. The number of hydrogen-bond acceptors (Lipinski definition) is 3. The molecule has 0 bridgehead atoms. The van der Waals surface area contributed by atoms with Crippen LogP contribution in [0.5, 0.6) is 0 Å². The maximum absolute atomic E-state index is 11.1. The zero-order valence-corrected chi connectivity index (χ0v) is 9.52. The second kappa shape index (κ2) is 5.81. The predicted octanol–water partition coefficient (Wildman–Crippen LogP) is 3.27. The van der Waals surface area contributed by atoms with Crippen molar-refractivity contribution in [3.05, 3.63) is 21.9 Å². The number of aryl methyl sites for hydroxylation is 1. The van der Waals surface area contributed by atoms with Crippen LogP contribution >= 0.6 is 11.3 Å². The smallest absolute Gasteiger partial charge is 0.348 e. The highest BCUT2D eigenvalue weighted by atomic mass is 32.1. The third kappa shape index (κ3) is 3.14. The molecule has 0 N–H and O–H groups in total. The van der Waals surface area contributed by atoms with Gasteiger partial charge in [-0.1, -0.05) is 19.8 Å². The molecule has 0 unspecified atom stereocenters. The van der Waals surface area contributed by atoms with Crippen molar-refractivity contribution in [1.29, 1.82) is 0 Å². The second-order valence-corrected chi connectivity index (χ2v) is 4.38. The molecule has 1 aromatic heterocycles. The van der Waals surface area contributed by atoms with E-state index in [1.165, 1.54) is 31.2 Å². The van der Waals surface area contributed by atoms with Gasteiger partial charge in [0.25, 0.3) is 0 Å². The van der Waals surface area contributed by atoms with Crippen molar-refractivity contribution in [3.63, 3.8) is 0 Å². The zero-order valence-electron chi connectivity index (χ0n) is 8.71. The molecule has 0 radical (unpaired) electrons. The highest BCUT2D eigenvalue weighted by Crippen LogP contribution is 2.19. The Hall–Kier alpha value is -0.830. The van der Waals surface area contributed by atoms with Crippen molar-refractivity contribution >= 4 is 17.3 Å². The van der Waals surface area contributed by atoms with E-state index in [4.69, 9.17) is 0 Å². The van der Waals surface area contributed by atoms with Crippen molar-refractivity contribution in [3.8, 4) is 0 Å². The lowest BCUT2D eigenvalue weighted by Crippen LogP contribution is -1.96. The predicted molar refractivity (Wildman–Crippen MR) is 58.9 cm³/mol. The third-order valence-electron chi connectivity index (χ3n) is 2.07. The van der Waals surface area contributed by atoms with Crippen molar-refractivity contribution in [2.24, 2.45) is 0 Å². The standard InChI is InChI=1S/C11H16O2S/c1-3-4-5-6-9-7-8-10(14-9)11(12)13-2/h7-8H,3-6H2,1-2H3. The molecule has 14 heavy (non-hydrogen) atoms. The molecule has 78 valence electrons. The van der Waals surface area contributed by atoms with E-state index in [1.54, 1.807) is 11.3 Å². The summed E-state index contributed by atoms with van der Waals surface area (Å²) in [5, 5.41) is 0. The molecule has 0 aliphatic heterocycles. The molecule has 0 amide bonds. The number of unbranched alkanes of at least 4 members (excludes halogenated alkanes) is 2. The van der Waals surface area contributed by atoms with E-state index in [-0.39, 0.29) is 5.97 Å². The monoisotopic (exact) mass is 212 g/mol. The summed E-state index contributed by atoms with van der Waals surface area (Å²) in [6.45, 7) is 2.19. The number of rotatable bonds is 5. The van der Waals surface area contributed by atoms with E-state index in [0.717, 1.165) is 6.42 Å². The molecule has 1 rings (SSSR count). The number of carbonyl (C=O) groups excluding carboxylic acids is 1. The second-order valence-electron chi connectivity index (χ2n) is 3.21. The minimum Gasteiger partial charge on any atom is -0.465 e. The molecular weight excluding hydrogens is 196 g/mol. The van der Waals surface area contributed by atoms with Gasteiger partial charge >= 0.3 is 5.97 Å². The Morgan fingerprint density at radius 1 is 1.43 bits per heavy atom. The van der Waals surface area contributed by atoms with Gasteiger partial charge in [-0.25, -0.2) is 4.79 Å². The average molecular weight is 212 g/mol. The molecule has 0 aromatic carbocycles. The van der Waals surface area contributed by atoms with Crippen LogP contribution in [0.15, 0.2) is 12.1 Å². The fourth-order valence-electron chi connectivity index (χ4n) is 1.27. The molecule has 0 fully saturated rings. The van der Waals surface area contributed by atoms with E-state index in [2.05, 4.69) is 11.7 Å². The van der Waals surface area contributed by atoms with Crippen molar-refractivity contribution < 1.29 is 9.53 Å². The lowest BCUT2D eigenvalue weighted by molar-refractivity contribution is 0.0606. The lowest BCUT2D eigenvalue weighted by Gasteiger charge is -1.95. The van der Waals surface area contributed by atoms with Crippen molar-refractivity contribution in [2.75, 3.05) is 7.11 Å². The Morgan fingerprint density at radius 3 is 2.86 bits per heavy atom. The molecule has 3 heteroatoms. The Labute approximate surface area is 88.9 Å². The quantitative estimate of drug-likeness (QED) is 0.553. The first-order valence-corrected chi connectivity index (χ1v) is 5.76. The fraction of sp³-hybridized carbons (Fsp3) is 0.545. The van der Waals surface area contributed by atoms with Crippen LogP contribution < -0.4 is 0 Å². The van der Waals surface area contributed by atoms with Crippen LogP contribution in [0, 0.1) is 0 Å². The molecule has 2 nitrogen and oxygen atoms in total. The van der Waals surface area contributed by atoms with Crippen molar-refractivity contribution in [1.82, 2.24) is 0 Å². The maximum Gasteiger partial charge on any atom is 0.348 e. The largest absolute Gasteiger partial charge is 0.465 e. The Bertz CT molecular complexity index is 291. The summed E-state index contributed by atoms with van der Waals surface area (Å²) in [5.41, 5.74) is 0. The van der Waals surface area contributed by atoms with Crippen LogP contribution in [-0.2, 0) is 11.2 Å². The molecule has 1 aromatic rings. The van der Waals surface area contributed by atoms with Crippen LogP contribution in [0.3, 0.4) is 0 Å². The van der Waals surface area contributed by atoms with E-state index >= 15 is 0 Å². The number of carbonyl (C=O) groups is 1. The highest BCUT2D eigenvalue weighted by molar-refractivity contribution is 7.13. The van der Waals surface area contributed by atoms with Gasteiger partial charge in [-0.15, -0.1) is 11.3 Å².